The van der Waals surface area contributed by atoms with E-state index >= 15 is 0 Å². The van der Waals surface area contributed by atoms with E-state index in [1.165, 1.54) is 25.0 Å². The van der Waals surface area contributed by atoms with Gasteiger partial charge in [-0.2, -0.15) is 0 Å². The Hall–Kier alpha value is 1.67. The minimum absolute atomic E-state index is 1.20. The molecule has 0 atom stereocenters. The van der Waals surface area contributed by atoms with Crippen LogP contribution in [0.2, 0.25) is 0 Å². The van der Waals surface area contributed by atoms with Gasteiger partial charge in [-0.15, -0.1) is 0 Å². The quantitative estimate of drug-likeness (QED) is 0.408. The first-order valence-electron chi connectivity index (χ1n) is 5.10. The molecular weight excluding hydrogens is 345 g/mol. The van der Waals surface area contributed by atoms with Crippen LogP contribution in [-0.4, -0.2) is 5.75 Å². The molecule has 0 aromatic heterocycles. The molecule has 0 N–H and O–H groups in total. The highest BCUT2D eigenvalue weighted by Gasteiger charge is 1.95. The topological polar surface area (TPSA) is 0 Å². The molecule has 17 heavy (non-hydrogen) atoms. The number of hydrogen-bond donors (Lipinski definition) is 0. The number of rotatable bonds is 0. The van der Waals surface area contributed by atoms with Crippen LogP contribution in [0.4, 0.5) is 0 Å². The van der Waals surface area contributed by atoms with E-state index in [0.29, 0.717) is 0 Å². The minimum Gasteiger partial charge on any atom is -0.0845 e. The van der Waals surface area contributed by atoms with E-state index in [1.807, 2.05) is 59.9 Å². The van der Waals surface area contributed by atoms with Gasteiger partial charge in [-0.1, -0.05) is 52.0 Å². The van der Waals surface area contributed by atoms with Gasteiger partial charge in [0.1, 0.15) is 0 Å². The van der Waals surface area contributed by atoms with E-state index in [1.54, 1.807) is 10.8 Å². The van der Waals surface area contributed by atoms with E-state index in [9.17, 15) is 0 Å². The Morgan fingerprint density at radius 1 is 0.706 bits per heavy atom. The molecule has 96 valence electrons. The Labute approximate surface area is 130 Å². The molecule has 0 radical (unpaired) electrons. The second-order valence-corrected chi connectivity index (χ2v) is 14.1. The summed E-state index contributed by atoms with van der Waals surface area (Å²) in [6, 6.07) is 0. The number of allylic oxidation sites excluding steroid dienone is 5. The maximum atomic E-state index is 2.25. The Morgan fingerprint density at radius 2 is 1.53 bits per heavy atom. The van der Waals surface area contributed by atoms with Gasteiger partial charge in [-0.25, -0.2) is 0 Å². The van der Waals surface area contributed by atoms with Crippen molar-refractivity contribution in [1.82, 2.24) is 0 Å². The highest BCUT2D eigenvalue weighted by atomic mass is 33.9. The first-order valence-corrected chi connectivity index (χ1v) is 14.1. The second-order valence-electron chi connectivity index (χ2n) is 2.90. The maximum Gasteiger partial charge on any atom is 0.00455 e. The molecule has 0 spiro atoms. The molecule has 1 aliphatic rings. The number of hydrogen-bond acceptors (Lipinski definition) is 7. The predicted molar refractivity (Wildman–Crippen MR) is 99.3 cm³/mol. The average molecular weight is 359 g/mol. The van der Waals surface area contributed by atoms with Crippen molar-refractivity contribution >= 4 is 70.7 Å². The summed E-state index contributed by atoms with van der Waals surface area (Å²) in [7, 11) is 13.0. The molecule has 0 aromatic rings. The fraction of sp³-hybridized carbons (Fsp3) is 0.400. The van der Waals surface area contributed by atoms with Crippen LogP contribution in [0.3, 0.4) is 0 Å². The van der Waals surface area contributed by atoms with Crippen molar-refractivity contribution < 1.29 is 0 Å². The molecule has 1 aliphatic heterocycles. The summed E-state index contributed by atoms with van der Waals surface area (Å²) < 4.78 is 0. The van der Waals surface area contributed by atoms with Gasteiger partial charge in [0.25, 0.3) is 0 Å². The zero-order chi connectivity index (χ0) is 12.0. The van der Waals surface area contributed by atoms with E-state index < -0.39 is 0 Å². The van der Waals surface area contributed by atoms with Crippen LogP contribution in [0.5, 0.6) is 0 Å². The van der Waals surface area contributed by atoms with Crippen LogP contribution >= 0.6 is 70.7 Å². The van der Waals surface area contributed by atoms with Gasteiger partial charge in [0.2, 0.25) is 0 Å². The van der Waals surface area contributed by atoms with E-state index in [4.69, 9.17) is 0 Å². The summed E-state index contributed by atoms with van der Waals surface area (Å²) >= 11 is 0. The van der Waals surface area contributed by atoms with Gasteiger partial charge in [0, 0.05) is 5.75 Å². The molecule has 1 heterocycles. The van der Waals surface area contributed by atoms with E-state index in [2.05, 4.69) is 35.8 Å². The van der Waals surface area contributed by atoms with E-state index in [0.717, 1.165) is 0 Å². The highest BCUT2D eigenvalue weighted by molar-refractivity contribution is 9.46. The molecule has 0 unspecified atom stereocenters. The fourth-order valence-electron chi connectivity index (χ4n) is 0.930. The van der Waals surface area contributed by atoms with E-state index in [-0.39, 0.29) is 0 Å². The monoisotopic (exact) mass is 358 g/mol. The summed E-state index contributed by atoms with van der Waals surface area (Å²) in [5.41, 5.74) is 0. The predicted octanol–water partition coefficient (Wildman–Crippen LogP) is 7.42. The Morgan fingerprint density at radius 3 is 2.53 bits per heavy atom. The molecule has 0 amide bonds. The minimum atomic E-state index is 1.20. The summed E-state index contributed by atoms with van der Waals surface area (Å²) in [6.07, 6.45) is 14.5. The van der Waals surface area contributed by atoms with Crippen LogP contribution in [0.1, 0.15) is 19.3 Å². The summed E-state index contributed by atoms with van der Waals surface area (Å²) in [4.78, 5) is 0. The Bertz CT molecular complexity index is 225. The van der Waals surface area contributed by atoms with Gasteiger partial charge in [-0.05, 0) is 73.8 Å². The fourth-order valence-corrected chi connectivity index (χ4v) is 14.5. The van der Waals surface area contributed by atoms with Crippen molar-refractivity contribution in [3.8, 4) is 0 Å². The summed E-state index contributed by atoms with van der Waals surface area (Å²) in [5, 5.41) is 2.12. The van der Waals surface area contributed by atoms with Crippen molar-refractivity contribution in [2.24, 2.45) is 0 Å². The average Bonchev–Trinajstić information content (AvgIpc) is 2.35. The van der Waals surface area contributed by atoms with Crippen molar-refractivity contribution in [2.45, 2.75) is 19.3 Å². The molecule has 0 saturated carbocycles. The van der Waals surface area contributed by atoms with Crippen LogP contribution < -0.4 is 0 Å². The van der Waals surface area contributed by atoms with Crippen LogP contribution in [0.25, 0.3) is 0 Å². The first-order chi connectivity index (χ1) is 8.50. The van der Waals surface area contributed by atoms with Crippen LogP contribution in [0, 0.1) is 0 Å². The third-order valence-corrected chi connectivity index (χ3v) is 14.4. The Kier molecular flexibility index (Phi) is 13.9. The zero-order valence-corrected chi connectivity index (χ0v) is 14.9. The lowest BCUT2D eigenvalue weighted by atomic mass is 10.2. The first kappa shape index (κ1) is 16.7. The van der Waals surface area contributed by atoms with Gasteiger partial charge in [-0.3, -0.25) is 0 Å². The smallest absolute Gasteiger partial charge is 0.00455 e. The lowest BCUT2D eigenvalue weighted by Gasteiger charge is -1.98. The molecule has 1 rings (SSSR count). The molecular formula is C10H14S7. The second kappa shape index (κ2) is 14.1. The molecule has 0 saturated heterocycles. The summed E-state index contributed by atoms with van der Waals surface area (Å²) in [6.45, 7) is 0. The standard InChI is InChI=1S/C10H14S7/c1-2-4-6-8-10-12-14-16-17-15-13-11-9-7-5-3-1/h1-3,5,7,9H,4,6,8,10H2/b2-1+,5-3+,9-7-. The highest BCUT2D eigenvalue weighted by Crippen LogP contribution is 2.55. The molecule has 7 heteroatoms. The molecule has 0 fully saturated rings. The van der Waals surface area contributed by atoms with Crippen molar-refractivity contribution in [3.05, 3.63) is 35.8 Å². The summed E-state index contributed by atoms with van der Waals surface area (Å²) in [5.74, 6) is 1.26. The van der Waals surface area contributed by atoms with Gasteiger partial charge in [0.15, 0.2) is 0 Å². The largest absolute Gasteiger partial charge is 0.0845 e. The third-order valence-electron chi connectivity index (χ3n) is 1.65. The van der Waals surface area contributed by atoms with Crippen molar-refractivity contribution in [2.75, 3.05) is 5.75 Å². The van der Waals surface area contributed by atoms with Gasteiger partial charge >= 0.3 is 0 Å². The lowest BCUT2D eigenvalue weighted by Crippen LogP contribution is -1.75. The zero-order valence-electron chi connectivity index (χ0n) is 9.15. The van der Waals surface area contributed by atoms with Crippen LogP contribution in [0.15, 0.2) is 35.8 Å². The third kappa shape index (κ3) is 12.4. The molecule has 0 aromatic carbocycles. The Balaban J connectivity index is 2.22. The van der Waals surface area contributed by atoms with Crippen LogP contribution in [-0.2, 0) is 0 Å². The molecule has 0 bridgehead atoms. The van der Waals surface area contributed by atoms with Crippen molar-refractivity contribution in [1.29, 1.82) is 0 Å². The van der Waals surface area contributed by atoms with Gasteiger partial charge < -0.3 is 0 Å². The maximum absolute atomic E-state index is 2.25. The molecule has 0 aliphatic carbocycles. The normalized spacial score (nSPS) is 26.8. The van der Waals surface area contributed by atoms with Crippen molar-refractivity contribution in [3.63, 3.8) is 0 Å². The van der Waals surface area contributed by atoms with Gasteiger partial charge in [0.05, 0.1) is 0 Å². The SMILES string of the molecule is C1=C\SSSSSSSCCCC/C=C/C=C/1. The lowest BCUT2D eigenvalue weighted by molar-refractivity contribution is 0.824. The molecule has 0 nitrogen and oxygen atoms in total.